The Hall–Kier alpha value is -3.67. The van der Waals surface area contributed by atoms with Crippen LogP contribution in [0.25, 0.3) is 11.0 Å². The monoisotopic (exact) mass is 400 g/mol. The van der Waals surface area contributed by atoms with Crippen molar-refractivity contribution < 1.29 is 9.53 Å². The molecule has 0 radical (unpaired) electrons. The number of aromatic nitrogens is 3. The number of fused-ring (bicyclic) bond motifs is 1. The minimum atomic E-state index is -0.163. The molecule has 0 unspecified atom stereocenters. The predicted molar refractivity (Wildman–Crippen MR) is 116 cm³/mol. The first-order valence-electron chi connectivity index (χ1n) is 10.0. The number of carbonyl (C=O) groups is 1. The van der Waals surface area contributed by atoms with Crippen molar-refractivity contribution in [3.05, 3.63) is 90.0 Å². The van der Waals surface area contributed by atoms with Gasteiger partial charge in [0.25, 0.3) is 5.91 Å². The van der Waals surface area contributed by atoms with E-state index in [1.165, 1.54) is 5.56 Å². The van der Waals surface area contributed by atoms with Gasteiger partial charge >= 0.3 is 0 Å². The topological polar surface area (TPSA) is 69.0 Å². The minimum Gasteiger partial charge on any atom is -0.494 e. The van der Waals surface area contributed by atoms with Gasteiger partial charge in [0.05, 0.1) is 29.7 Å². The quantitative estimate of drug-likeness (QED) is 0.451. The molecule has 0 fully saturated rings. The average molecular weight is 400 g/mol. The Morgan fingerprint density at radius 1 is 1.07 bits per heavy atom. The summed E-state index contributed by atoms with van der Waals surface area (Å²) in [6.45, 7) is 3.77. The summed E-state index contributed by atoms with van der Waals surface area (Å²) in [7, 11) is 0. The molecule has 0 saturated carbocycles. The van der Waals surface area contributed by atoms with Crippen LogP contribution in [0.5, 0.6) is 5.75 Å². The number of carbonyl (C=O) groups excluding carboxylic acids is 1. The van der Waals surface area contributed by atoms with Crippen LogP contribution in [0.4, 0.5) is 0 Å². The number of imidazole rings is 1. The number of benzene rings is 2. The van der Waals surface area contributed by atoms with E-state index in [1.807, 2.05) is 42.5 Å². The van der Waals surface area contributed by atoms with E-state index in [0.29, 0.717) is 18.7 Å². The van der Waals surface area contributed by atoms with Crippen molar-refractivity contribution >= 4 is 16.9 Å². The number of ether oxygens (including phenoxy) is 1. The van der Waals surface area contributed by atoms with E-state index in [9.17, 15) is 4.79 Å². The number of nitrogens with zero attached hydrogens (tertiary/aromatic N) is 3. The number of amides is 1. The van der Waals surface area contributed by atoms with Gasteiger partial charge in [-0.1, -0.05) is 29.8 Å². The number of rotatable bonds is 8. The lowest BCUT2D eigenvalue weighted by Crippen LogP contribution is -2.25. The predicted octanol–water partition coefficient (Wildman–Crippen LogP) is 4.14. The molecule has 4 rings (SSSR count). The number of pyridine rings is 1. The molecule has 2 aromatic carbocycles. The van der Waals surface area contributed by atoms with Crippen molar-refractivity contribution in [1.82, 2.24) is 19.9 Å². The average Bonchev–Trinajstić information content (AvgIpc) is 3.14. The van der Waals surface area contributed by atoms with E-state index in [4.69, 9.17) is 9.72 Å². The molecule has 1 N–H and O–H groups in total. The van der Waals surface area contributed by atoms with Crippen molar-refractivity contribution in [2.75, 3.05) is 6.61 Å². The highest BCUT2D eigenvalue weighted by Gasteiger charge is 2.12. The standard InChI is InChI=1S/C24H24N4O2/c1-18-9-11-20(12-10-18)30-15-5-14-28-22-8-3-2-7-21(22)27-23(28)17-26-24(29)19-6-4-13-25-16-19/h2-4,6-13,16H,5,14-15,17H2,1H3,(H,26,29). The van der Waals surface area contributed by atoms with E-state index in [-0.39, 0.29) is 5.91 Å². The highest BCUT2D eigenvalue weighted by Crippen LogP contribution is 2.17. The summed E-state index contributed by atoms with van der Waals surface area (Å²) >= 11 is 0. The molecule has 0 atom stereocenters. The van der Waals surface area contributed by atoms with Gasteiger partial charge in [-0.2, -0.15) is 0 Å². The fourth-order valence-electron chi connectivity index (χ4n) is 3.32. The molecule has 2 aromatic heterocycles. The summed E-state index contributed by atoms with van der Waals surface area (Å²) < 4.78 is 8.01. The summed E-state index contributed by atoms with van der Waals surface area (Å²) in [5.74, 6) is 1.54. The Balaban J connectivity index is 1.42. The summed E-state index contributed by atoms with van der Waals surface area (Å²) in [5, 5.41) is 2.94. The number of aryl methyl sites for hydroxylation is 2. The second kappa shape index (κ2) is 9.22. The first-order valence-corrected chi connectivity index (χ1v) is 10.0. The Bertz CT molecular complexity index is 1120. The molecule has 6 nitrogen and oxygen atoms in total. The third-order valence-corrected chi connectivity index (χ3v) is 4.88. The molecule has 0 aliphatic carbocycles. The first kappa shape index (κ1) is 19.6. The Morgan fingerprint density at radius 2 is 1.90 bits per heavy atom. The number of hydrogen-bond acceptors (Lipinski definition) is 4. The van der Waals surface area contributed by atoms with Crippen LogP contribution < -0.4 is 10.1 Å². The molecule has 0 bridgehead atoms. The fraction of sp³-hybridized carbons (Fsp3) is 0.208. The van der Waals surface area contributed by atoms with Crippen LogP contribution in [0.1, 0.15) is 28.2 Å². The molecule has 152 valence electrons. The van der Waals surface area contributed by atoms with Crippen LogP contribution in [0.15, 0.2) is 73.1 Å². The van der Waals surface area contributed by atoms with Crippen LogP contribution in [-0.2, 0) is 13.1 Å². The highest BCUT2D eigenvalue weighted by molar-refractivity contribution is 5.93. The van der Waals surface area contributed by atoms with Gasteiger partial charge in [0.15, 0.2) is 0 Å². The van der Waals surface area contributed by atoms with Gasteiger partial charge in [0.1, 0.15) is 11.6 Å². The lowest BCUT2D eigenvalue weighted by atomic mass is 10.2. The number of hydrogen-bond donors (Lipinski definition) is 1. The molecular formula is C24H24N4O2. The van der Waals surface area contributed by atoms with E-state index >= 15 is 0 Å². The molecule has 0 saturated heterocycles. The van der Waals surface area contributed by atoms with Crippen LogP contribution in [0.2, 0.25) is 0 Å². The fourth-order valence-corrected chi connectivity index (χ4v) is 3.32. The maximum absolute atomic E-state index is 12.4. The van der Waals surface area contributed by atoms with Crippen molar-refractivity contribution in [3.8, 4) is 5.75 Å². The van der Waals surface area contributed by atoms with Gasteiger partial charge in [0.2, 0.25) is 0 Å². The highest BCUT2D eigenvalue weighted by atomic mass is 16.5. The van der Waals surface area contributed by atoms with Gasteiger partial charge < -0.3 is 14.6 Å². The molecule has 2 heterocycles. The van der Waals surface area contributed by atoms with Gasteiger partial charge in [0, 0.05) is 18.9 Å². The van der Waals surface area contributed by atoms with Gasteiger partial charge in [-0.05, 0) is 49.7 Å². The van der Waals surface area contributed by atoms with E-state index in [0.717, 1.165) is 35.6 Å². The largest absolute Gasteiger partial charge is 0.494 e. The summed E-state index contributed by atoms with van der Waals surface area (Å²) in [6.07, 6.45) is 4.04. The number of para-hydroxylation sites is 2. The molecule has 1 amide bonds. The maximum Gasteiger partial charge on any atom is 0.253 e. The molecule has 0 aliphatic heterocycles. The number of nitrogens with one attached hydrogen (secondary N) is 1. The van der Waals surface area contributed by atoms with Crippen molar-refractivity contribution in [2.45, 2.75) is 26.4 Å². The molecular weight excluding hydrogens is 376 g/mol. The summed E-state index contributed by atoms with van der Waals surface area (Å²) in [6, 6.07) is 19.6. The first-order chi connectivity index (χ1) is 14.7. The van der Waals surface area contributed by atoms with E-state index in [1.54, 1.807) is 24.5 Å². The van der Waals surface area contributed by atoms with E-state index < -0.39 is 0 Å². The van der Waals surface area contributed by atoms with Crippen LogP contribution in [0.3, 0.4) is 0 Å². The zero-order valence-corrected chi connectivity index (χ0v) is 16.9. The molecule has 4 aromatic rings. The van der Waals surface area contributed by atoms with Crippen LogP contribution in [0, 0.1) is 6.92 Å². The van der Waals surface area contributed by atoms with Gasteiger partial charge in [-0.15, -0.1) is 0 Å². The third kappa shape index (κ3) is 4.66. The SMILES string of the molecule is Cc1ccc(OCCCn2c(CNC(=O)c3cccnc3)nc3ccccc32)cc1. The Morgan fingerprint density at radius 3 is 2.70 bits per heavy atom. The maximum atomic E-state index is 12.4. The van der Waals surface area contributed by atoms with Gasteiger partial charge in [-0.25, -0.2) is 4.98 Å². The van der Waals surface area contributed by atoms with Crippen molar-refractivity contribution in [1.29, 1.82) is 0 Å². The Kier molecular flexibility index (Phi) is 6.03. The second-order valence-electron chi connectivity index (χ2n) is 7.11. The van der Waals surface area contributed by atoms with Gasteiger partial charge in [-0.3, -0.25) is 9.78 Å². The summed E-state index contributed by atoms with van der Waals surface area (Å²) in [4.78, 5) is 21.1. The normalized spacial score (nSPS) is 10.8. The molecule has 6 heteroatoms. The second-order valence-corrected chi connectivity index (χ2v) is 7.11. The van der Waals surface area contributed by atoms with Crippen molar-refractivity contribution in [3.63, 3.8) is 0 Å². The minimum absolute atomic E-state index is 0.163. The molecule has 0 aliphatic rings. The smallest absolute Gasteiger partial charge is 0.253 e. The third-order valence-electron chi connectivity index (χ3n) is 4.88. The lowest BCUT2D eigenvalue weighted by molar-refractivity contribution is 0.0949. The van der Waals surface area contributed by atoms with Crippen LogP contribution >= 0.6 is 0 Å². The lowest BCUT2D eigenvalue weighted by Gasteiger charge is -2.11. The van der Waals surface area contributed by atoms with Crippen LogP contribution in [-0.4, -0.2) is 27.0 Å². The molecule has 30 heavy (non-hydrogen) atoms. The zero-order valence-electron chi connectivity index (χ0n) is 16.9. The Labute approximate surface area is 175 Å². The molecule has 0 spiro atoms. The zero-order chi connectivity index (χ0) is 20.8. The van der Waals surface area contributed by atoms with Crippen molar-refractivity contribution in [2.24, 2.45) is 0 Å². The van der Waals surface area contributed by atoms with E-state index in [2.05, 4.69) is 27.9 Å². The summed E-state index contributed by atoms with van der Waals surface area (Å²) in [5.41, 5.74) is 3.72.